The van der Waals surface area contributed by atoms with Crippen molar-refractivity contribution >= 4 is 17.3 Å². The van der Waals surface area contributed by atoms with Crippen LogP contribution in [0.3, 0.4) is 0 Å². The van der Waals surface area contributed by atoms with Crippen LogP contribution in [0.2, 0.25) is 5.02 Å². The molecule has 0 aliphatic carbocycles. The lowest BCUT2D eigenvalue weighted by molar-refractivity contribution is -1.06. The zero-order valence-electron chi connectivity index (χ0n) is 20.7. The number of aryl methyl sites for hydroxylation is 1. The molecule has 2 aromatic rings. The summed E-state index contributed by atoms with van der Waals surface area (Å²) < 4.78 is 6.13. The maximum Gasteiger partial charge on any atom is 0.337 e. The summed E-state index contributed by atoms with van der Waals surface area (Å²) in [4.78, 5) is 4.97. The molecule has 1 atom stereocenters. The lowest BCUT2D eigenvalue weighted by Gasteiger charge is -2.36. The number of anilines is 1. The van der Waals surface area contributed by atoms with E-state index in [1.807, 2.05) is 24.3 Å². The van der Waals surface area contributed by atoms with Gasteiger partial charge in [-0.05, 0) is 66.5 Å². The molecular weight excluding hydrogens is 458 g/mol. The first-order valence-corrected chi connectivity index (χ1v) is 13.0. The first-order chi connectivity index (χ1) is 16.9. The largest absolute Gasteiger partial charge is 0.410 e. The number of ether oxygens (including phenoxy) is 1. The van der Waals surface area contributed by atoms with E-state index in [-0.39, 0.29) is 4.65 Å². The molecule has 184 valence electrons. The number of allylic oxidation sites excluding steroid dienone is 3. The van der Waals surface area contributed by atoms with Crippen molar-refractivity contribution in [3.8, 4) is 5.75 Å². The minimum atomic E-state index is -0.258. The highest BCUT2D eigenvalue weighted by atomic mass is 35.5. The van der Waals surface area contributed by atoms with Gasteiger partial charge in [0.2, 0.25) is 0 Å². The minimum Gasteiger partial charge on any atom is -0.410 e. The third-order valence-electron chi connectivity index (χ3n) is 7.34. The quantitative estimate of drug-likeness (QED) is 0.552. The van der Waals surface area contributed by atoms with Crippen LogP contribution in [-0.2, 0) is 12.8 Å². The molecule has 1 saturated heterocycles. The third-order valence-corrected chi connectivity index (χ3v) is 7.60. The molecule has 5 rings (SSSR count). The summed E-state index contributed by atoms with van der Waals surface area (Å²) in [5.74, 6) is 1.50. The summed E-state index contributed by atoms with van der Waals surface area (Å²) in [6.45, 7) is 7.88. The smallest absolute Gasteiger partial charge is 0.337 e. The van der Waals surface area contributed by atoms with Crippen molar-refractivity contribution < 1.29 is 14.6 Å². The van der Waals surface area contributed by atoms with Gasteiger partial charge in [-0.1, -0.05) is 36.7 Å². The Morgan fingerprint density at radius 3 is 2.60 bits per heavy atom. The number of fused-ring (bicyclic) bond motifs is 1. The Kier molecular flexibility index (Phi) is 7.03. The summed E-state index contributed by atoms with van der Waals surface area (Å²) >= 11 is 6.05. The molecular formula is C29H35ClN3O2+. The summed E-state index contributed by atoms with van der Waals surface area (Å²) in [5, 5.41) is 11.9. The van der Waals surface area contributed by atoms with Gasteiger partial charge in [0.05, 0.1) is 5.57 Å². The second-order valence-corrected chi connectivity index (χ2v) is 10.2. The molecule has 1 N–H and O–H groups in total. The molecule has 1 unspecified atom stereocenters. The van der Waals surface area contributed by atoms with Gasteiger partial charge in [0, 0.05) is 55.4 Å². The van der Waals surface area contributed by atoms with Crippen LogP contribution in [0, 0.1) is 0 Å². The van der Waals surface area contributed by atoms with Crippen molar-refractivity contribution in [2.45, 2.75) is 26.2 Å². The summed E-state index contributed by atoms with van der Waals surface area (Å²) in [7, 11) is 1.80. The van der Waals surface area contributed by atoms with Crippen LogP contribution in [0.4, 0.5) is 5.69 Å². The zero-order valence-corrected chi connectivity index (χ0v) is 21.5. The molecule has 3 aliphatic rings. The Morgan fingerprint density at radius 1 is 1.09 bits per heavy atom. The Morgan fingerprint density at radius 2 is 1.86 bits per heavy atom. The van der Waals surface area contributed by atoms with E-state index in [4.69, 9.17) is 16.3 Å². The molecule has 6 heteroatoms. The van der Waals surface area contributed by atoms with Crippen molar-refractivity contribution in [3.05, 3.63) is 93.9 Å². The first kappa shape index (κ1) is 24.1. The average Bonchev–Trinajstić information content (AvgIpc) is 3.02. The third kappa shape index (κ3) is 5.19. The fourth-order valence-corrected chi connectivity index (χ4v) is 5.43. The highest BCUT2D eigenvalue weighted by Gasteiger charge is 2.37. The highest BCUT2D eigenvalue weighted by molar-refractivity contribution is 6.30. The molecule has 0 radical (unpaired) electrons. The molecule has 35 heavy (non-hydrogen) atoms. The molecule has 3 heterocycles. The molecule has 0 saturated carbocycles. The summed E-state index contributed by atoms with van der Waals surface area (Å²) in [6, 6.07) is 14.4. The minimum absolute atomic E-state index is 0.258. The van der Waals surface area contributed by atoms with Crippen LogP contribution in [-0.4, -0.2) is 61.1 Å². The number of hydrogen-bond donors (Lipinski definition) is 1. The maximum absolute atomic E-state index is 11.1. The predicted molar refractivity (Wildman–Crippen MR) is 142 cm³/mol. The second kappa shape index (κ2) is 10.2. The van der Waals surface area contributed by atoms with Crippen LogP contribution in [0.25, 0.3) is 0 Å². The predicted octanol–water partition coefficient (Wildman–Crippen LogP) is 5.59. The van der Waals surface area contributed by atoms with Crippen molar-refractivity contribution in [2.75, 3.05) is 51.2 Å². The molecule has 0 spiro atoms. The fraction of sp³-hybridized carbons (Fsp3) is 0.379. The lowest BCUT2D eigenvalue weighted by atomic mass is 9.92. The number of piperazine rings is 1. The van der Waals surface area contributed by atoms with Crippen molar-refractivity contribution in [1.82, 2.24) is 4.90 Å². The van der Waals surface area contributed by atoms with Gasteiger partial charge in [0.15, 0.2) is 0 Å². The standard InChI is InChI=1S/C29H35ClN3O2/c1-3-22-7-4-10-28-27(22)21-23(26-9-6-20-33(2,34)29(26)35-28)8-5-15-31-16-18-32(19-17-31)25-13-11-24(30)12-14-25/h4,6-14,34H,3,5,15-21H2,1-2H3/q+1. The van der Waals surface area contributed by atoms with E-state index in [1.165, 1.54) is 22.4 Å². The number of nitrogens with zero attached hydrogens (tertiary/aromatic N) is 3. The molecule has 2 aromatic carbocycles. The number of halogens is 1. The van der Waals surface area contributed by atoms with E-state index in [0.29, 0.717) is 12.4 Å². The van der Waals surface area contributed by atoms with E-state index >= 15 is 0 Å². The maximum atomic E-state index is 11.1. The van der Waals surface area contributed by atoms with Crippen molar-refractivity contribution in [3.63, 3.8) is 0 Å². The van der Waals surface area contributed by atoms with E-state index in [2.05, 4.69) is 53.1 Å². The van der Waals surface area contributed by atoms with E-state index in [9.17, 15) is 5.21 Å². The number of hydroxylamine groups is 3. The SMILES string of the molecule is CCc1cccc2c1CC(=CCCN1CCN(c3ccc(Cl)cc3)CC1)C1=C(O2)[N+](C)(O)CC=C1. The number of benzene rings is 2. The lowest BCUT2D eigenvalue weighted by Crippen LogP contribution is -2.46. The van der Waals surface area contributed by atoms with E-state index in [0.717, 1.165) is 68.3 Å². The van der Waals surface area contributed by atoms with Crippen LogP contribution < -0.4 is 9.64 Å². The molecule has 0 aromatic heterocycles. The van der Waals surface area contributed by atoms with Gasteiger partial charge in [0.1, 0.15) is 19.3 Å². The Labute approximate surface area is 213 Å². The van der Waals surface area contributed by atoms with E-state index < -0.39 is 0 Å². The van der Waals surface area contributed by atoms with Gasteiger partial charge in [-0.3, -0.25) is 4.90 Å². The van der Waals surface area contributed by atoms with Crippen molar-refractivity contribution in [1.29, 1.82) is 0 Å². The van der Waals surface area contributed by atoms with Crippen LogP contribution >= 0.6 is 11.6 Å². The Hall–Kier alpha value is -2.57. The van der Waals surface area contributed by atoms with Crippen LogP contribution in [0.1, 0.15) is 24.5 Å². The van der Waals surface area contributed by atoms with Gasteiger partial charge in [-0.25, -0.2) is 5.21 Å². The molecule has 1 fully saturated rings. The number of rotatable bonds is 5. The average molecular weight is 493 g/mol. The number of quaternary nitrogens is 1. The Bertz CT molecular complexity index is 1160. The van der Waals surface area contributed by atoms with Crippen LogP contribution in [0.5, 0.6) is 5.75 Å². The Balaban J connectivity index is 1.30. The first-order valence-electron chi connectivity index (χ1n) is 12.6. The van der Waals surface area contributed by atoms with Gasteiger partial charge in [-0.2, -0.15) is 0 Å². The normalized spacial score (nSPS) is 23.7. The zero-order chi connectivity index (χ0) is 24.4. The van der Waals surface area contributed by atoms with Gasteiger partial charge >= 0.3 is 5.88 Å². The number of likely N-dealkylation sites (N-methyl/N-ethyl adjacent to an activating group) is 1. The highest BCUT2D eigenvalue weighted by Crippen LogP contribution is 2.38. The van der Waals surface area contributed by atoms with Gasteiger partial charge in [0.25, 0.3) is 0 Å². The molecule has 5 nitrogen and oxygen atoms in total. The summed E-state index contributed by atoms with van der Waals surface area (Å²) in [6.07, 6.45) is 9.29. The van der Waals surface area contributed by atoms with Gasteiger partial charge in [-0.15, -0.1) is 4.65 Å². The van der Waals surface area contributed by atoms with Crippen molar-refractivity contribution in [2.24, 2.45) is 0 Å². The van der Waals surface area contributed by atoms with E-state index in [1.54, 1.807) is 7.05 Å². The summed E-state index contributed by atoms with van der Waals surface area (Å²) in [5.41, 5.74) is 6.05. The topological polar surface area (TPSA) is 35.9 Å². The monoisotopic (exact) mass is 492 g/mol. The number of hydrogen-bond acceptors (Lipinski definition) is 4. The molecule has 0 bridgehead atoms. The molecule has 3 aliphatic heterocycles. The van der Waals surface area contributed by atoms with Gasteiger partial charge < -0.3 is 9.64 Å². The molecule has 0 amide bonds. The fourth-order valence-electron chi connectivity index (χ4n) is 5.30. The van der Waals surface area contributed by atoms with Crippen LogP contribution in [0.15, 0.2) is 77.7 Å². The second-order valence-electron chi connectivity index (χ2n) is 9.79.